The lowest BCUT2D eigenvalue weighted by Gasteiger charge is -2.06. The molecule has 0 aliphatic heterocycles. The third-order valence-corrected chi connectivity index (χ3v) is 2.86. The Bertz CT molecular complexity index is 380. The summed E-state index contributed by atoms with van der Waals surface area (Å²) in [6, 6.07) is -1.29. The van der Waals surface area contributed by atoms with Crippen molar-refractivity contribution in [2.45, 2.75) is 57.9 Å². The Labute approximate surface area is 116 Å². The average molecular weight is 288 g/mol. The van der Waals surface area contributed by atoms with Gasteiger partial charge in [0, 0.05) is 17.8 Å². The fraction of sp³-hybridized carbons (Fsp3) is 0.750. The Morgan fingerprint density at radius 3 is 2.40 bits per heavy atom. The van der Waals surface area contributed by atoms with Gasteiger partial charge in [0.15, 0.2) is 0 Å². The molecule has 20 heavy (non-hydrogen) atoms. The van der Waals surface area contributed by atoms with E-state index in [0.29, 0.717) is 6.42 Å². The van der Waals surface area contributed by atoms with Crippen molar-refractivity contribution in [3.8, 4) is 0 Å². The van der Waals surface area contributed by atoms with Gasteiger partial charge in [0.25, 0.3) is 0 Å². The fourth-order valence-corrected chi connectivity index (χ4v) is 1.73. The normalized spacial score (nSPS) is 12.9. The van der Waals surface area contributed by atoms with Crippen LogP contribution in [0.15, 0.2) is 11.8 Å². The highest BCUT2D eigenvalue weighted by molar-refractivity contribution is 5.67. The number of nitrogens with zero attached hydrogens (tertiary/aromatic N) is 2. The van der Waals surface area contributed by atoms with E-state index in [1.807, 2.05) is 6.92 Å². The molecule has 114 valence electrons. The van der Waals surface area contributed by atoms with Gasteiger partial charge in [-0.25, -0.2) is 0 Å². The molecule has 0 aromatic carbocycles. The number of carbonyl (C=O) groups is 1. The summed E-state index contributed by atoms with van der Waals surface area (Å²) in [5.41, 5.74) is -0.0710. The van der Waals surface area contributed by atoms with Crippen molar-refractivity contribution in [3.05, 3.63) is 32.0 Å². The Hall–Kier alpha value is -1.99. The number of unbranched alkanes of at least 4 members (excludes halogenated alkanes) is 3. The van der Waals surface area contributed by atoms with E-state index < -0.39 is 28.3 Å². The summed E-state index contributed by atoms with van der Waals surface area (Å²) in [6.45, 7) is 2.02. The number of nitro groups is 2. The number of allylic oxidation sites excluding steroid dienone is 2. The minimum absolute atomic E-state index is 0.0710. The van der Waals surface area contributed by atoms with Gasteiger partial charge in [-0.05, 0) is 18.9 Å². The summed E-state index contributed by atoms with van der Waals surface area (Å²) in [6.07, 6.45) is 4.01. The zero-order chi connectivity index (χ0) is 15.5. The molecule has 0 saturated carbocycles. The van der Waals surface area contributed by atoms with E-state index >= 15 is 0 Å². The number of carboxylic acid groups (broad SMARTS) is 1. The minimum atomic E-state index is -1.29. The van der Waals surface area contributed by atoms with Gasteiger partial charge in [-0.1, -0.05) is 19.8 Å². The van der Waals surface area contributed by atoms with Crippen LogP contribution in [0.3, 0.4) is 0 Å². The zero-order valence-electron chi connectivity index (χ0n) is 11.5. The molecule has 0 aromatic heterocycles. The Balaban J connectivity index is 4.47. The lowest BCUT2D eigenvalue weighted by molar-refractivity contribution is -0.523. The van der Waals surface area contributed by atoms with Gasteiger partial charge in [0.05, 0.1) is 4.92 Å². The molecule has 0 aromatic rings. The second kappa shape index (κ2) is 9.88. The quantitative estimate of drug-likeness (QED) is 0.354. The minimum Gasteiger partial charge on any atom is -0.481 e. The van der Waals surface area contributed by atoms with Crippen LogP contribution in [0, 0.1) is 20.2 Å². The van der Waals surface area contributed by atoms with Crippen LogP contribution >= 0.6 is 0 Å². The lowest BCUT2D eigenvalue weighted by atomic mass is 10.1. The standard InChI is InChI=1S/C12H20N2O6/c1-2-3-4-5-6-10(13(17)18)7-8-11(14(19)20)9-12(15)16/h6,11H,2-5,7-9H2,1H3,(H,15,16). The van der Waals surface area contributed by atoms with Gasteiger partial charge in [-0.15, -0.1) is 0 Å². The predicted molar refractivity (Wildman–Crippen MR) is 71.5 cm³/mol. The molecular weight excluding hydrogens is 268 g/mol. The highest BCUT2D eigenvalue weighted by Gasteiger charge is 2.26. The first kappa shape index (κ1) is 18.0. The molecule has 8 nitrogen and oxygen atoms in total. The number of aliphatic carboxylic acids is 1. The number of carboxylic acids is 1. The molecule has 1 atom stereocenters. The van der Waals surface area contributed by atoms with Crippen molar-refractivity contribution < 1.29 is 19.7 Å². The molecule has 0 heterocycles. The number of hydrogen-bond acceptors (Lipinski definition) is 5. The van der Waals surface area contributed by atoms with Crippen molar-refractivity contribution in [1.82, 2.24) is 0 Å². The molecule has 0 spiro atoms. The summed E-state index contributed by atoms with van der Waals surface area (Å²) >= 11 is 0. The van der Waals surface area contributed by atoms with E-state index in [1.165, 1.54) is 6.08 Å². The molecule has 1 unspecified atom stereocenters. The van der Waals surface area contributed by atoms with Gasteiger partial charge in [0.1, 0.15) is 6.42 Å². The van der Waals surface area contributed by atoms with E-state index in [0.717, 1.165) is 19.3 Å². The van der Waals surface area contributed by atoms with Crippen molar-refractivity contribution >= 4 is 5.97 Å². The Morgan fingerprint density at radius 2 is 1.95 bits per heavy atom. The molecule has 0 aliphatic rings. The molecule has 0 saturated heterocycles. The first-order valence-corrected chi connectivity index (χ1v) is 6.57. The van der Waals surface area contributed by atoms with Crippen LogP contribution in [0.4, 0.5) is 0 Å². The molecule has 8 heteroatoms. The first-order valence-electron chi connectivity index (χ1n) is 6.57. The Kier molecular flexibility index (Phi) is 8.89. The van der Waals surface area contributed by atoms with Gasteiger partial charge in [-0.2, -0.15) is 0 Å². The van der Waals surface area contributed by atoms with E-state index in [-0.39, 0.29) is 18.5 Å². The molecular formula is C12H20N2O6. The summed E-state index contributed by atoms with van der Waals surface area (Å²) in [5.74, 6) is -1.28. The summed E-state index contributed by atoms with van der Waals surface area (Å²) < 4.78 is 0. The number of hydrogen-bond donors (Lipinski definition) is 1. The molecule has 0 fully saturated rings. The molecule has 0 rings (SSSR count). The van der Waals surface area contributed by atoms with Crippen LogP contribution in [0.2, 0.25) is 0 Å². The summed E-state index contributed by atoms with van der Waals surface area (Å²) in [7, 11) is 0. The highest BCUT2D eigenvalue weighted by Crippen LogP contribution is 2.14. The van der Waals surface area contributed by atoms with Gasteiger partial charge in [0.2, 0.25) is 11.7 Å². The van der Waals surface area contributed by atoms with Gasteiger partial charge >= 0.3 is 5.97 Å². The van der Waals surface area contributed by atoms with Crippen molar-refractivity contribution in [2.75, 3.05) is 0 Å². The zero-order valence-corrected chi connectivity index (χ0v) is 11.5. The SMILES string of the molecule is CCCCCC=C(CCC(CC(=O)O)[N+](=O)[O-])[N+](=O)[O-]. The molecule has 0 amide bonds. The topological polar surface area (TPSA) is 124 Å². The maximum Gasteiger partial charge on any atom is 0.310 e. The Morgan fingerprint density at radius 1 is 1.30 bits per heavy atom. The van der Waals surface area contributed by atoms with Crippen LogP contribution < -0.4 is 0 Å². The van der Waals surface area contributed by atoms with Gasteiger partial charge in [-0.3, -0.25) is 25.0 Å². The summed E-state index contributed by atoms with van der Waals surface area (Å²) in [5, 5.41) is 30.0. The third-order valence-electron chi connectivity index (χ3n) is 2.86. The smallest absolute Gasteiger partial charge is 0.310 e. The second-order valence-corrected chi connectivity index (χ2v) is 4.52. The summed E-state index contributed by atoms with van der Waals surface area (Å²) in [4.78, 5) is 30.7. The van der Waals surface area contributed by atoms with E-state index in [1.54, 1.807) is 0 Å². The largest absolute Gasteiger partial charge is 0.481 e. The van der Waals surface area contributed by atoms with Crippen LogP contribution in [-0.4, -0.2) is 27.0 Å². The predicted octanol–water partition coefficient (Wildman–Crippen LogP) is 2.63. The highest BCUT2D eigenvalue weighted by atomic mass is 16.6. The maximum atomic E-state index is 10.8. The number of rotatable bonds is 11. The van der Waals surface area contributed by atoms with Crippen LogP contribution in [-0.2, 0) is 4.79 Å². The van der Waals surface area contributed by atoms with Crippen molar-refractivity contribution in [2.24, 2.45) is 0 Å². The average Bonchev–Trinajstić information content (AvgIpc) is 2.35. The second-order valence-electron chi connectivity index (χ2n) is 4.52. The van der Waals surface area contributed by atoms with Crippen molar-refractivity contribution in [3.63, 3.8) is 0 Å². The monoisotopic (exact) mass is 288 g/mol. The molecule has 0 bridgehead atoms. The molecule has 1 N–H and O–H groups in total. The third kappa shape index (κ3) is 8.17. The molecule has 0 radical (unpaired) electrons. The van der Waals surface area contributed by atoms with E-state index in [2.05, 4.69) is 0 Å². The first-order chi connectivity index (χ1) is 9.38. The maximum absolute atomic E-state index is 10.8. The van der Waals surface area contributed by atoms with E-state index in [4.69, 9.17) is 5.11 Å². The van der Waals surface area contributed by atoms with Crippen molar-refractivity contribution in [1.29, 1.82) is 0 Å². The van der Waals surface area contributed by atoms with E-state index in [9.17, 15) is 25.0 Å². The van der Waals surface area contributed by atoms with Crippen LogP contribution in [0.5, 0.6) is 0 Å². The molecule has 0 aliphatic carbocycles. The van der Waals surface area contributed by atoms with Crippen LogP contribution in [0.25, 0.3) is 0 Å². The fourth-order valence-electron chi connectivity index (χ4n) is 1.73. The van der Waals surface area contributed by atoms with Gasteiger partial charge < -0.3 is 5.11 Å². The van der Waals surface area contributed by atoms with Crippen LogP contribution in [0.1, 0.15) is 51.9 Å². The lowest BCUT2D eigenvalue weighted by Crippen LogP contribution is -2.23.